The Hall–Kier alpha value is -2.61. The molecule has 3 rings (SSSR count). The van der Waals surface area contributed by atoms with Crippen LogP contribution in [0.3, 0.4) is 0 Å². The molecule has 0 aliphatic rings. The molecule has 7 nitrogen and oxygen atoms in total. The van der Waals surface area contributed by atoms with E-state index in [0.717, 1.165) is 54.7 Å². The Kier molecular flexibility index (Phi) is 11.0. The quantitative estimate of drug-likeness (QED) is 0.172. The number of amides is 1. The number of ether oxygens (including phenoxy) is 1. The first-order chi connectivity index (χ1) is 18.0. The summed E-state index contributed by atoms with van der Waals surface area (Å²) in [5.74, 6) is 0.918. The summed E-state index contributed by atoms with van der Waals surface area (Å²) in [6, 6.07) is 16.8. The van der Waals surface area contributed by atoms with Gasteiger partial charge in [0.15, 0.2) is 0 Å². The number of anilines is 2. The van der Waals surface area contributed by atoms with Crippen LogP contribution in [0.1, 0.15) is 55.7 Å². The molecule has 0 aliphatic carbocycles. The van der Waals surface area contributed by atoms with Gasteiger partial charge < -0.3 is 4.74 Å². The van der Waals surface area contributed by atoms with Crippen LogP contribution in [0.2, 0.25) is 19.6 Å². The van der Waals surface area contributed by atoms with Crippen molar-refractivity contribution < 1.29 is 14.0 Å². The fourth-order valence-corrected chi connectivity index (χ4v) is 6.33. The van der Waals surface area contributed by atoms with E-state index in [1.54, 1.807) is 0 Å². The fourth-order valence-electron chi connectivity index (χ4n) is 3.90. The van der Waals surface area contributed by atoms with Crippen molar-refractivity contribution in [3.63, 3.8) is 0 Å². The van der Waals surface area contributed by atoms with E-state index < -0.39 is 13.9 Å². The van der Waals surface area contributed by atoms with Crippen molar-refractivity contribution >= 4 is 39.3 Å². The zero-order valence-electron chi connectivity index (χ0n) is 23.6. The Labute approximate surface area is 234 Å². The first kappa shape index (κ1) is 29.9. The van der Waals surface area contributed by atoms with E-state index in [4.69, 9.17) is 9.16 Å². The number of aromatic nitrogens is 2. The molecule has 1 aromatic heterocycles. The summed E-state index contributed by atoms with van der Waals surface area (Å²) in [6.07, 6.45) is 5.71. The Morgan fingerprint density at radius 3 is 2.24 bits per heavy atom. The van der Waals surface area contributed by atoms with Crippen LogP contribution in [-0.4, -0.2) is 51.3 Å². The van der Waals surface area contributed by atoms with Gasteiger partial charge >= 0.3 is 199 Å². The Bertz CT molecular complexity index is 1150. The molecule has 0 saturated carbocycles. The van der Waals surface area contributed by atoms with Crippen LogP contribution in [0.15, 0.2) is 48.5 Å². The molecule has 1 heterocycles. The topological polar surface area (TPSA) is 85.4 Å². The number of carbonyl (C=O) groups excluding carboxylic acids is 1. The Balaban J connectivity index is 1.41. The van der Waals surface area contributed by atoms with Gasteiger partial charge in [-0.2, -0.15) is 0 Å². The van der Waals surface area contributed by atoms with Crippen molar-refractivity contribution in [2.45, 2.75) is 84.5 Å². The second-order valence-electron chi connectivity index (χ2n) is 11.4. The number of hydrogen-bond donors (Lipinski definition) is 2. The molecule has 0 aliphatic heterocycles. The molecule has 0 atom stereocenters. The number of rotatable bonds is 13. The Morgan fingerprint density at radius 1 is 0.895 bits per heavy atom. The summed E-state index contributed by atoms with van der Waals surface area (Å²) in [6.45, 7) is 12.8. The van der Waals surface area contributed by atoms with Crippen molar-refractivity contribution in [1.29, 1.82) is 0 Å². The Morgan fingerprint density at radius 2 is 1.58 bits per heavy atom. The summed E-state index contributed by atoms with van der Waals surface area (Å²) in [4.78, 5) is 11.7. The second-order valence-corrected chi connectivity index (χ2v) is 18.0. The minimum absolute atomic E-state index is 0.115. The number of unbranched alkanes of at least 4 members (excludes halogenated alkanes) is 2. The number of alkyl carbamates (subject to hydrolysis) is 1. The molecule has 9 heteroatoms. The van der Waals surface area contributed by atoms with Gasteiger partial charge in [-0.3, -0.25) is 0 Å². The van der Waals surface area contributed by atoms with Gasteiger partial charge in [-0.25, -0.2) is 4.79 Å². The number of nitrogens with zero attached hydrogens (tertiary/aromatic N) is 2. The van der Waals surface area contributed by atoms with Gasteiger partial charge in [-0.1, -0.05) is 0 Å². The predicted molar refractivity (Wildman–Crippen MR) is 158 cm³/mol. The molecule has 0 bridgehead atoms. The average Bonchev–Trinajstić information content (AvgIpc) is 3.27. The van der Waals surface area contributed by atoms with E-state index >= 15 is 0 Å². The molecule has 0 fully saturated rings. The standard InChI is InChI=1S/C29H42N4O3SeSi/c1-29(2,3)35-28(34)30-21-11-7-8-12-22-13-9-10-14-23(22)15-20-26-32-33-27(37-26)31-24-16-18-25(19-17-24)36-38(4,5)6/h9-10,13-14,16-19H,7-8,11-12,15,20-21H2,1-6H3,(H,30,34)(H,31,33). The number of nitrogens with one attached hydrogen (secondary N) is 2. The van der Waals surface area contributed by atoms with E-state index in [1.807, 2.05) is 45.0 Å². The van der Waals surface area contributed by atoms with Gasteiger partial charge in [0.05, 0.1) is 0 Å². The molecular weight excluding hydrogens is 559 g/mol. The van der Waals surface area contributed by atoms with Crippen LogP contribution in [0.25, 0.3) is 0 Å². The van der Waals surface area contributed by atoms with Crippen molar-refractivity contribution in [2.24, 2.45) is 0 Å². The molecule has 1 amide bonds. The zero-order chi connectivity index (χ0) is 27.6. The third-order valence-corrected chi connectivity index (χ3v) is 8.25. The molecule has 0 unspecified atom stereocenters. The normalized spacial score (nSPS) is 11.7. The number of benzene rings is 2. The van der Waals surface area contributed by atoms with Gasteiger partial charge in [0, 0.05) is 0 Å². The molecule has 2 aromatic carbocycles. The second kappa shape index (κ2) is 14.0. The zero-order valence-corrected chi connectivity index (χ0v) is 26.3. The van der Waals surface area contributed by atoms with E-state index in [2.05, 4.69) is 64.7 Å². The van der Waals surface area contributed by atoms with Crippen molar-refractivity contribution in [3.05, 3.63) is 64.2 Å². The van der Waals surface area contributed by atoms with E-state index in [0.29, 0.717) is 6.54 Å². The average molecular weight is 602 g/mol. The summed E-state index contributed by atoms with van der Waals surface area (Å²) < 4.78 is 13.4. The van der Waals surface area contributed by atoms with Crippen LogP contribution in [0.4, 0.5) is 15.2 Å². The van der Waals surface area contributed by atoms with Crippen LogP contribution in [0.5, 0.6) is 5.75 Å². The number of aryl methyl sites for hydroxylation is 3. The molecule has 0 saturated heterocycles. The van der Waals surface area contributed by atoms with Crippen molar-refractivity contribution in [3.8, 4) is 5.75 Å². The van der Waals surface area contributed by atoms with Crippen molar-refractivity contribution in [1.82, 2.24) is 15.5 Å². The van der Waals surface area contributed by atoms with Gasteiger partial charge in [-0.05, 0) is 20.8 Å². The van der Waals surface area contributed by atoms with Crippen LogP contribution >= 0.6 is 0 Å². The predicted octanol–water partition coefficient (Wildman–Crippen LogP) is 6.51. The molecule has 3 aromatic rings. The third kappa shape index (κ3) is 11.4. The molecule has 38 heavy (non-hydrogen) atoms. The molecule has 206 valence electrons. The minimum atomic E-state index is -1.60. The first-order valence-corrected chi connectivity index (χ1v) is 18.5. The maximum atomic E-state index is 11.7. The maximum absolute atomic E-state index is 11.7. The number of carbonyl (C=O) groups is 1. The summed E-state index contributed by atoms with van der Waals surface area (Å²) in [5, 5.41) is 15.1. The van der Waals surface area contributed by atoms with Crippen LogP contribution in [-0.2, 0) is 24.0 Å². The van der Waals surface area contributed by atoms with Gasteiger partial charge in [0.1, 0.15) is 5.60 Å². The van der Waals surface area contributed by atoms with Crippen LogP contribution < -0.4 is 15.1 Å². The molecule has 0 radical (unpaired) electrons. The summed E-state index contributed by atoms with van der Waals surface area (Å²) in [7, 11) is -1.60. The number of hydrogen-bond acceptors (Lipinski definition) is 6. The molecular formula is C29H42N4O3SeSi. The fraction of sp³-hybridized carbons (Fsp3) is 0.483. The first-order valence-electron chi connectivity index (χ1n) is 13.4. The van der Waals surface area contributed by atoms with Gasteiger partial charge in [0.25, 0.3) is 0 Å². The van der Waals surface area contributed by atoms with Gasteiger partial charge in [0.2, 0.25) is 0 Å². The monoisotopic (exact) mass is 602 g/mol. The van der Waals surface area contributed by atoms with Gasteiger partial charge in [-0.15, -0.1) is 0 Å². The molecule has 0 spiro atoms. The van der Waals surface area contributed by atoms with Crippen LogP contribution in [0, 0.1) is 0 Å². The third-order valence-electron chi connectivity index (χ3n) is 5.51. The summed E-state index contributed by atoms with van der Waals surface area (Å²) >= 11 is 0.115. The van der Waals surface area contributed by atoms with E-state index in [9.17, 15) is 4.79 Å². The van der Waals surface area contributed by atoms with E-state index in [1.165, 1.54) is 15.7 Å². The molecule has 2 N–H and O–H groups in total. The van der Waals surface area contributed by atoms with Crippen molar-refractivity contribution in [2.75, 3.05) is 11.9 Å². The van der Waals surface area contributed by atoms with E-state index in [-0.39, 0.29) is 20.6 Å². The SMILES string of the molecule is CC(C)(C)OC(=O)NCCCCCc1ccccc1CCc1nnc(Nc2ccc(O[Si](C)(C)C)cc2)[se]1. The summed E-state index contributed by atoms with van der Waals surface area (Å²) in [5.41, 5.74) is 3.34.